The summed E-state index contributed by atoms with van der Waals surface area (Å²) in [6.07, 6.45) is 4.67. The number of aliphatic hydroxyl groups is 1. The van der Waals surface area contributed by atoms with Gasteiger partial charge in [-0.15, -0.1) is 0 Å². The van der Waals surface area contributed by atoms with Gasteiger partial charge in [0, 0.05) is 0 Å². The second-order valence-corrected chi connectivity index (χ2v) is 2.75. The number of rotatable bonds is 0. The molecule has 0 aromatic carbocycles. The third-order valence-corrected chi connectivity index (χ3v) is 1.87. The minimum atomic E-state index is -0.619. The maximum atomic E-state index is 8.86. The van der Waals surface area contributed by atoms with Crippen LogP contribution in [0.4, 0.5) is 0 Å². The van der Waals surface area contributed by atoms with Crippen LogP contribution in [0.15, 0.2) is 24.0 Å². The first-order valence-electron chi connectivity index (χ1n) is 2.67. The highest BCUT2D eigenvalue weighted by Crippen LogP contribution is 2.45. The molecule has 0 aromatic rings. The third kappa shape index (κ3) is 0.671. The largest absolute Gasteiger partial charge is 0.508 e. The van der Waals surface area contributed by atoms with Crippen LogP contribution in [0, 0.1) is 0 Å². The lowest BCUT2D eigenvalue weighted by atomic mass is 10.2. The molecule has 9 heavy (non-hydrogen) atoms. The number of hydrogen-bond acceptors (Lipinski definition) is 2. The summed E-state index contributed by atoms with van der Waals surface area (Å²) in [7, 11) is 0. The maximum Gasteiger partial charge on any atom is 0.191 e. The van der Waals surface area contributed by atoms with E-state index in [2.05, 4.69) is 0 Å². The van der Waals surface area contributed by atoms with Crippen LogP contribution in [0.2, 0.25) is 0 Å². The standard InChI is InChI=1S/C6H5ClO2/c7-6-2-1-4(8)3-5(6)9-6/h1-3,5,8H. The van der Waals surface area contributed by atoms with E-state index in [1.165, 1.54) is 6.08 Å². The summed E-state index contributed by atoms with van der Waals surface area (Å²) in [4.78, 5) is 0. The second-order valence-electron chi connectivity index (χ2n) is 2.16. The van der Waals surface area contributed by atoms with Crippen LogP contribution in [0.5, 0.6) is 0 Å². The fourth-order valence-corrected chi connectivity index (χ4v) is 1.07. The van der Waals surface area contributed by atoms with Crippen molar-refractivity contribution in [3.63, 3.8) is 0 Å². The van der Waals surface area contributed by atoms with E-state index in [-0.39, 0.29) is 11.9 Å². The Kier molecular flexibility index (Phi) is 0.788. The molecule has 0 radical (unpaired) electrons. The molecule has 0 aromatic heterocycles. The van der Waals surface area contributed by atoms with Gasteiger partial charge >= 0.3 is 0 Å². The van der Waals surface area contributed by atoms with Crippen LogP contribution in [-0.2, 0) is 4.74 Å². The summed E-state index contributed by atoms with van der Waals surface area (Å²) < 4.78 is 4.98. The molecule has 0 amide bonds. The van der Waals surface area contributed by atoms with Crippen molar-refractivity contribution < 1.29 is 9.84 Å². The highest BCUT2D eigenvalue weighted by Gasteiger charge is 2.53. The van der Waals surface area contributed by atoms with E-state index in [4.69, 9.17) is 21.4 Å². The van der Waals surface area contributed by atoms with Gasteiger partial charge in [-0.05, 0) is 18.2 Å². The Morgan fingerprint density at radius 1 is 1.78 bits per heavy atom. The summed E-state index contributed by atoms with van der Waals surface area (Å²) in [5, 5.41) is 8.24. The number of aliphatic hydroxyl groups excluding tert-OH is 1. The first kappa shape index (κ1) is 5.33. The number of ether oxygens (including phenoxy) is 1. The average molecular weight is 145 g/mol. The molecule has 0 saturated carbocycles. The summed E-state index contributed by atoms with van der Waals surface area (Å²) in [6, 6.07) is 0. The number of alkyl halides is 1. The Balaban J connectivity index is 2.31. The second kappa shape index (κ2) is 1.33. The molecule has 1 aliphatic heterocycles. The molecule has 2 unspecified atom stereocenters. The lowest BCUT2D eigenvalue weighted by molar-refractivity contribution is 0.392. The first-order chi connectivity index (χ1) is 4.21. The van der Waals surface area contributed by atoms with E-state index in [1.54, 1.807) is 12.2 Å². The van der Waals surface area contributed by atoms with Crippen molar-refractivity contribution in [3.8, 4) is 0 Å². The highest BCUT2D eigenvalue weighted by molar-refractivity contribution is 6.26. The Morgan fingerprint density at radius 2 is 2.56 bits per heavy atom. The van der Waals surface area contributed by atoms with Crippen LogP contribution in [-0.4, -0.2) is 16.3 Å². The molecule has 1 saturated heterocycles. The van der Waals surface area contributed by atoms with E-state index in [1.807, 2.05) is 0 Å². The van der Waals surface area contributed by atoms with Crippen molar-refractivity contribution >= 4 is 11.6 Å². The highest BCUT2D eigenvalue weighted by atomic mass is 35.5. The van der Waals surface area contributed by atoms with Crippen LogP contribution >= 0.6 is 11.6 Å². The molecule has 2 rings (SSSR count). The molecule has 1 N–H and O–H groups in total. The van der Waals surface area contributed by atoms with Crippen LogP contribution in [0.1, 0.15) is 0 Å². The van der Waals surface area contributed by atoms with Crippen molar-refractivity contribution in [2.45, 2.75) is 11.2 Å². The lowest BCUT2D eigenvalue weighted by Crippen LogP contribution is -2.03. The molecule has 0 bridgehead atoms. The Hall–Kier alpha value is -0.470. The van der Waals surface area contributed by atoms with Gasteiger partial charge in [-0.1, -0.05) is 11.6 Å². The molecule has 0 spiro atoms. The molecule has 3 heteroatoms. The van der Waals surface area contributed by atoms with Crippen LogP contribution in [0.3, 0.4) is 0 Å². The van der Waals surface area contributed by atoms with Gasteiger partial charge in [0.05, 0.1) is 0 Å². The summed E-state index contributed by atoms with van der Waals surface area (Å²) >= 11 is 5.75. The van der Waals surface area contributed by atoms with E-state index < -0.39 is 5.06 Å². The molecule has 2 atom stereocenters. The molecule has 2 nitrogen and oxygen atoms in total. The van der Waals surface area contributed by atoms with Crippen molar-refractivity contribution in [1.29, 1.82) is 0 Å². The number of hydrogen-bond donors (Lipinski definition) is 1. The van der Waals surface area contributed by atoms with Gasteiger partial charge in [-0.3, -0.25) is 0 Å². The quantitative estimate of drug-likeness (QED) is 0.411. The molecule has 1 aliphatic carbocycles. The zero-order chi connectivity index (χ0) is 6.48. The van der Waals surface area contributed by atoms with Crippen LogP contribution < -0.4 is 0 Å². The van der Waals surface area contributed by atoms with E-state index in [9.17, 15) is 0 Å². The fraction of sp³-hybridized carbons (Fsp3) is 0.333. The zero-order valence-electron chi connectivity index (χ0n) is 4.54. The summed E-state index contributed by atoms with van der Waals surface area (Å²) in [6.45, 7) is 0. The van der Waals surface area contributed by atoms with Gasteiger partial charge < -0.3 is 9.84 Å². The summed E-state index contributed by atoms with van der Waals surface area (Å²) in [5.41, 5.74) is 0. The normalized spacial score (nSPS) is 45.9. The minimum absolute atomic E-state index is 0.107. The number of epoxide rings is 1. The van der Waals surface area contributed by atoms with Gasteiger partial charge in [0.2, 0.25) is 0 Å². The van der Waals surface area contributed by atoms with Crippen molar-refractivity contribution in [2.75, 3.05) is 0 Å². The smallest absolute Gasteiger partial charge is 0.191 e. The number of fused-ring (bicyclic) bond motifs is 1. The Morgan fingerprint density at radius 3 is 3.11 bits per heavy atom. The van der Waals surface area contributed by atoms with Crippen molar-refractivity contribution in [2.24, 2.45) is 0 Å². The average Bonchev–Trinajstić information content (AvgIpc) is 2.41. The van der Waals surface area contributed by atoms with Crippen molar-refractivity contribution in [3.05, 3.63) is 24.0 Å². The first-order valence-corrected chi connectivity index (χ1v) is 3.05. The summed E-state index contributed by atoms with van der Waals surface area (Å²) in [5.74, 6) is 0.230. The predicted octanol–water partition coefficient (Wildman–Crippen LogP) is 1.33. The van der Waals surface area contributed by atoms with Crippen molar-refractivity contribution in [1.82, 2.24) is 0 Å². The predicted molar refractivity (Wildman–Crippen MR) is 33.3 cm³/mol. The fourth-order valence-electron chi connectivity index (χ4n) is 0.852. The van der Waals surface area contributed by atoms with Gasteiger partial charge in [0.25, 0.3) is 0 Å². The maximum absolute atomic E-state index is 8.86. The number of halogens is 1. The van der Waals surface area contributed by atoms with Gasteiger partial charge in [0.1, 0.15) is 11.9 Å². The van der Waals surface area contributed by atoms with E-state index in [0.29, 0.717) is 0 Å². The van der Waals surface area contributed by atoms with Gasteiger partial charge in [0.15, 0.2) is 5.06 Å². The Bertz CT molecular complexity index is 209. The van der Waals surface area contributed by atoms with Crippen LogP contribution in [0.25, 0.3) is 0 Å². The molecule has 2 aliphatic rings. The van der Waals surface area contributed by atoms with Gasteiger partial charge in [-0.2, -0.15) is 0 Å². The van der Waals surface area contributed by atoms with E-state index in [0.717, 1.165) is 0 Å². The molecule has 1 fully saturated rings. The number of allylic oxidation sites excluding steroid dienone is 1. The van der Waals surface area contributed by atoms with E-state index >= 15 is 0 Å². The van der Waals surface area contributed by atoms with Gasteiger partial charge in [-0.25, -0.2) is 0 Å². The molecular formula is C6H5ClO2. The Labute approximate surface area is 57.4 Å². The SMILES string of the molecule is OC1=CC2OC2(Cl)C=C1. The molecular weight excluding hydrogens is 140 g/mol. The molecule has 1 heterocycles. The minimum Gasteiger partial charge on any atom is -0.508 e. The topological polar surface area (TPSA) is 32.8 Å². The third-order valence-electron chi connectivity index (χ3n) is 1.44. The lowest BCUT2D eigenvalue weighted by Gasteiger charge is -1.98. The molecule has 48 valence electrons. The zero-order valence-corrected chi connectivity index (χ0v) is 5.30. The monoisotopic (exact) mass is 144 g/mol.